The monoisotopic (exact) mass is 142 g/mol. The van der Waals surface area contributed by atoms with Crippen LogP contribution in [0.15, 0.2) is 11.9 Å². The summed E-state index contributed by atoms with van der Waals surface area (Å²) in [4.78, 5) is 2.15. The second-order valence-electron chi connectivity index (χ2n) is 2.30. The summed E-state index contributed by atoms with van der Waals surface area (Å²) in [6.07, 6.45) is 2.58. The van der Waals surface area contributed by atoms with Crippen molar-refractivity contribution in [3.05, 3.63) is 11.9 Å². The van der Waals surface area contributed by atoms with Crippen LogP contribution in [0.4, 0.5) is 0 Å². The second-order valence-corrected chi connectivity index (χ2v) is 2.30. The molecule has 1 aliphatic heterocycles. The van der Waals surface area contributed by atoms with Crippen LogP contribution in [-0.4, -0.2) is 18.1 Å². The lowest BCUT2D eigenvalue weighted by Crippen LogP contribution is -2.29. The first kappa shape index (κ1) is 9.34. The highest BCUT2D eigenvalue weighted by Gasteiger charge is 2.10. The lowest BCUT2D eigenvalue weighted by molar-refractivity contribution is 0.355. The maximum atomic E-state index is 3.25. The van der Waals surface area contributed by atoms with Crippen molar-refractivity contribution >= 4 is 0 Å². The maximum Gasteiger partial charge on any atom is 0.0951 e. The van der Waals surface area contributed by atoms with Crippen molar-refractivity contribution in [3.8, 4) is 0 Å². The van der Waals surface area contributed by atoms with E-state index < -0.39 is 0 Å². The molecule has 0 saturated carbocycles. The smallest absolute Gasteiger partial charge is 0.0951 e. The number of hydrogen-bond donors (Lipinski definition) is 1. The van der Waals surface area contributed by atoms with Crippen molar-refractivity contribution in [2.75, 3.05) is 7.05 Å². The lowest BCUT2D eigenvalue weighted by atomic mass is 10.5. The number of nitrogens with one attached hydrogen (secondary N) is 1. The Labute approximate surface area is 63.9 Å². The van der Waals surface area contributed by atoms with Crippen LogP contribution in [0.1, 0.15) is 27.7 Å². The van der Waals surface area contributed by atoms with Crippen LogP contribution < -0.4 is 5.32 Å². The van der Waals surface area contributed by atoms with Gasteiger partial charge in [-0.2, -0.15) is 0 Å². The molecule has 0 aromatic rings. The highest BCUT2D eigenvalue weighted by atomic mass is 15.3. The Morgan fingerprint density at radius 2 is 2.00 bits per heavy atom. The molecule has 10 heavy (non-hydrogen) atoms. The van der Waals surface area contributed by atoms with E-state index in [1.807, 2.05) is 13.8 Å². The predicted molar refractivity (Wildman–Crippen MR) is 45.5 cm³/mol. The average molecular weight is 142 g/mol. The van der Waals surface area contributed by atoms with E-state index in [1.165, 1.54) is 5.70 Å². The van der Waals surface area contributed by atoms with E-state index in [0.29, 0.717) is 6.17 Å². The van der Waals surface area contributed by atoms with Gasteiger partial charge in [0.25, 0.3) is 0 Å². The van der Waals surface area contributed by atoms with Gasteiger partial charge in [0.05, 0.1) is 6.17 Å². The van der Waals surface area contributed by atoms with Crippen molar-refractivity contribution < 1.29 is 0 Å². The molecule has 1 unspecified atom stereocenters. The van der Waals surface area contributed by atoms with Crippen LogP contribution in [0.2, 0.25) is 0 Å². The number of nitrogens with zero attached hydrogens (tertiary/aromatic N) is 1. The van der Waals surface area contributed by atoms with Gasteiger partial charge in [0.15, 0.2) is 0 Å². The molecule has 1 heterocycles. The van der Waals surface area contributed by atoms with Crippen molar-refractivity contribution in [2.24, 2.45) is 0 Å². The Bertz CT molecular complexity index is 118. The average Bonchev–Trinajstić information content (AvgIpc) is 2.16. The topological polar surface area (TPSA) is 15.3 Å². The minimum Gasteiger partial charge on any atom is -0.368 e. The van der Waals surface area contributed by atoms with E-state index in [1.54, 1.807) is 0 Å². The van der Waals surface area contributed by atoms with Gasteiger partial charge in [0.1, 0.15) is 0 Å². The first-order valence-electron chi connectivity index (χ1n) is 3.87. The normalized spacial score (nSPS) is 22.7. The van der Waals surface area contributed by atoms with Crippen molar-refractivity contribution in [3.63, 3.8) is 0 Å². The minimum atomic E-state index is 0.481. The molecule has 1 aliphatic rings. The summed E-state index contributed by atoms with van der Waals surface area (Å²) in [5, 5.41) is 3.25. The molecule has 0 amide bonds. The predicted octanol–water partition coefficient (Wildman–Crippen LogP) is 1.75. The van der Waals surface area contributed by atoms with Gasteiger partial charge in [-0.25, -0.2) is 0 Å². The summed E-state index contributed by atoms with van der Waals surface area (Å²) < 4.78 is 0. The molecule has 60 valence electrons. The van der Waals surface area contributed by atoms with Crippen LogP contribution in [-0.2, 0) is 0 Å². The summed E-state index contributed by atoms with van der Waals surface area (Å²) in [6.45, 7) is 8.20. The quantitative estimate of drug-likeness (QED) is 0.554. The van der Waals surface area contributed by atoms with Crippen LogP contribution in [0.25, 0.3) is 0 Å². The van der Waals surface area contributed by atoms with Crippen LogP contribution in [0.5, 0.6) is 0 Å². The first-order chi connectivity index (χ1) is 4.70. The minimum absolute atomic E-state index is 0.481. The molecule has 0 radical (unpaired) electrons. The molecule has 0 fully saturated rings. The van der Waals surface area contributed by atoms with Gasteiger partial charge in [-0.05, 0) is 13.8 Å². The van der Waals surface area contributed by atoms with Gasteiger partial charge in [-0.15, -0.1) is 0 Å². The third kappa shape index (κ3) is 2.29. The van der Waals surface area contributed by atoms with E-state index in [2.05, 4.69) is 37.3 Å². The third-order valence-electron chi connectivity index (χ3n) is 1.44. The molecule has 0 spiro atoms. The Kier molecular flexibility index (Phi) is 3.93. The highest BCUT2D eigenvalue weighted by Crippen LogP contribution is 2.05. The Balaban J connectivity index is 0.000000371. The largest absolute Gasteiger partial charge is 0.368 e. The van der Waals surface area contributed by atoms with Gasteiger partial charge < -0.3 is 10.2 Å². The Morgan fingerprint density at radius 3 is 2.10 bits per heavy atom. The molecular weight excluding hydrogens is 124 g/mol. The van der Waals surface area contributed by atoms with Gasteiger partial charge in [0.2, 0.25) is 0 Å². The van der Waals surface area contributed by atoms with E-state index in [4.69, 9.17) is 0 Å². The van der Waals surface area contributed by atoms with Gasteiger partial charge >= 0.3 is 0 Å². The highest BCUT2D eigenvalue weighted by molar-refractivity contribution is 5.02. The molecule has 0 aliphatic carbocycles. The molecule has 0 bridgehead atoms. The van der Waals surface area contributed by atoms with Gasteiger partial charge in [-0.1, -0.05) is 13.8 Å². The van der Waals surface area contributed by atoms with Crippen LogP contribution in [0.3, 0.4) is 0 Å². The van der Waals surface area contributed by atoms with E-state index in [-0.39, 0.29) is 0 Å². The molecular formula is C8H18N2. The van der Waals surface area contributed by atoms with Crippen molar-refractivity contribution in [2.45, 2.75) is 33.9 Å². The zero-order valence-corrected chi connectivity index (χ0v) is 7.60. The molecule has 2 nitrogen and oxygen atoms in total. The van der Waals surface area contributed by atoms with Crippen LogP contribution >= 0.6 is 0 Å². The third-order valence-corrected chi connectivity index (χ3v) is 1.44. The molecule has 1 N–H and O–H groups in total. The van der Waals surface area contributed by atoms with E-state index in [9.17, 15) is 0 Å². The lowest BCUT2D eigenvalue weighted by Gasteiger charge is -2.14. The molecule has 0 aromatic carbocycles. The summed E-state index contributed by atoms with van der Waals surface area (Å²) in [6, 6.07) is 0. The fraction of sp³-hybridized carbons (Fsp3) is 0.750. The zero-order chi connectivity index (χ0) is 8.15. The molecule has 1 atom stereocenters. The molecule has 0 aromatic heterocycles. The SMILES string of the molecule is CC.CC1=CN(C)C(C)N1. The molecule has 0 saturated heterocycles. The number of rotatable bonds is 0. The van der Waals surface area contributed by atoms with E-state index >= 15 is 0 Å². The summed E-state index contributed by atoms with van der Waals surface area (Å²) in [7, 11) is 2.06. The molecule has 1 rings (SSSR count). The van der Waals surface area contributed by atoms with E-state index in [0.717, 1.165) is 0 Å². The molecule has 2 heteroatoms. The van der Waals surface area contributed by atoms with Crippen molar-refractivity contribution in [1.29, 1.82) is 0 Å². The summed E-state index contributed by atoms with van der Waals surface area (Å²) in [5.74, 6) is 0. The van der Waals surface area contributed by atoms with Crippen molar-refractivity contribution in [1.82, 2.24) is 10.2 Å². The zero-order valence-electron chi connectivity index (χ0n) is 7.60. The maximum absolute atomic E-state index is 3.25. The first-order valence-corrected chi connectivity index (χ1v) is 3.87. The standard InChI is InChI=1S/C6H12N2.C2H6/c1-5-4-8(3)6(2)7-5;1-2/h4,6-7H,1-3H3;1-2H3. The van der Waals surface area contributed by atoms with Crippen LogP contribution in [0, 0.1) is 0 Å². The summed E-state index contributed by atoms with van der Waals surface area (Å²) in [5.41, 5.74) is 1.25. The Hall–Kier alpha value is -0.660. The number of allylic oxidation sites excluding steroid dienone is 1. The number of hydrogen-bond acceptors (Lipinski definition) is 2. The van der Waals surface area contributed by atoms with Gasteiger partial charge in [-0.3, -0.25) is 0 Å². The second kappa shape index (κ2) is 4.20. The fourth-order valence-corrected chi connectivity index (χ4v) is 0.886. The van der Waals surface area contributed by atoms with Gasteiger partial charge in [0, 0.05) is 18.9 Å². The summed E-state index contributed by atoms with van der Waals surface area (Å²) >= 11 is 0. The fourth-order valence-electron chi connectivity index (χ4n) is 0.886. The Morgan fingerprint density at radius 1 is 1.50 bits per heavy atom.